The van der Waals surface area contributed by atoms with Crippen molar-refractivity contribution in [1.29, 1.82) is 0 Å². The molecule has 0 bridgehead atoms. The number of methoxy groups -OCH3 is 2. The molecule has 2 aromatic carbocycles. The van der Waals surface area contributed by atoms with Crippen molar-refractivity contribution in [1.82, 2.24) is 5.32 Å². The van der Waals surface area contributed by atoms with Gasteiger partial charge in [0.1, 0.15) is 0 Å². The van der Waals surface area contributed by atoms with Crippen molar-refractivity contribution in [3.05, 3.63) is 48.0 Å². The lowest BCUT2D eigenvalue weighted by Crippen LogP contribution is -2.46. The van der Waals surface area contributed by atoms with Gasteiger partial charge in [0.15, 0.2) is 11.5 Å². The lowest BCUT2D eigenvalue weighted by atomic mass is 10.1. The largest absolute Gasteiger partial charge is 0.493 e. The fourth-order valence-electron chi connectivity index (χ4n) is 3.35. The topological polar surface area (TPSA) is 50.8 Å². The standard InChI is InChI=1S/C22H28N2O3S/c1-16(23-12-11-17-9-10-19(26-2)20(15-17)27-3)22(25)24-13-6-14-28-21-8-5-4-7-18(21)24/h4-5,7-10,15-16,23H,6,11-14H2,1-3H3. The van der Waals surface area contributed by atoms with Gasteiger partial charge in [0.2, 0.25) is 5.91 Å². The van der Waals surface area contributed by atoms with Crippen molar-refractivity contribution in [3.63, 3.8) is 0 Å². The van der Waals surface area contributed by atoms with Gasteiger partial charge < -0.3 is 19.7 Å². The fourth-order valence-corrected chi connectivity index (χ4v) is 4.34. The summed E-state index contributed by atoms with van der Waals surface area (Å²) in [6, 6.07) is 13.9. The Balaban J connectivity index is 1.59. The van der Waals surface area contributed by atoms with Gasteiger partial charge in [-0.1, -0.05) is 18.2 Å². The van der Waals surface area contributed by atoms with E-state index in [1.165, 1.54) is 4.90 Å². The number of para-hydroxylation sites is 1. The molecule has 28 heavy (non-hydrogen) atoms. The molecule has 150 valence electrons. The number of carbonyl (C=O) groups is 1. The second kappa shape index (κ2) is 9.85. The van der Waals surface area contributed by atoms with Crippen molar-refractivity contribution in [2.75, 3.05) is 38.0 Å². The molecule has 0 radical (unpaired) electrons. The average Bonchev–Trinajstić information content (AvgIpc) is 2.95. The van der Waals surface area contributed by atoms with Crippen molar-refractivity contribution >= 4 is 23.4 Å². The van der Waals surface area contributed by atoms with Crippen molar-refractivity contribution < 1.29 is 14.3 Å². The highest BCUT2D eigenvalue weighted by atomic mass is 32.2. The van der Waals surface area contributed by atoms with E-state index in [2.05, 4.69) is 11.4 Å². The Hall–Kier alpha value is -2.18. The van der Waals surface area contributed by atoms with Crippen molar-refractivity contribution in [3.8, 4) is 11.5 Å². The number of hydrogen-bond acceptors (Lipinski definition) is 5. The molecular formula is C22H28N2O3S. The highest BCUT2D eigenvalue weighted by Crippen LogP contribution is 2.33. The summed E-state index contributed by atoms with van der Waals surface area (Å²) in [7, 11) is 3.27. The Morgan fingerprint density at radius 2 is 1.96 bits per heavy atom. The van der Waals surface area contributed by atoms with Gasteiger partial charge in [0, 0.05) is 11.4 Å². The number of benzene rings is 2. The smallest absolute Gasteiger partial charge is 0.243 e. The predicted molar refractivity (Wildman–Crippen MR) is 115 cm³/mol. The van der Waals surface area contributed by atoms with Crippen LogP contribution in [0.1, 0.15) is 18.9 Å². The van der Waals surface area contributed by atoms with E-state index in [1.54, 1.807) is 14.2 Å². The first kappa shape index (κ1) is 20.6. The number of hydrogen-bond donors (Lipinski definition) is 1. The molecule has 6 heteroatoms. The summed E-state index contributed by atoms with van der Waals surface area (Å²) in [6.07, 6.45) is 1.81. The van der Waals surface area contributed by atoms with Crippen LogP contribution in [0.4, 0.5) is 5.69 Å². The highest BCUT2D eigenvalue weighted by Gasteiger charge is 2.25. The minimum Gasteiger partial charge on any atom is -0.493 e. The number of ether oxygens (including phenoxy) is 2. The van der Waals surface area contributed by atoms with Crippen LogP contribution in [0, 0.1) is 0 Å². The Labute approximate surface area is 171 Å². The lowest BCUT2D eigenvalue weighted by Gasteiger charge is -2.26. The second-order valence-electron chi connectivity index (χ2n) is 6.77. The molecule has 0 saturated heterocycles. The van der Waals surface area contributed by atoms with E-state index in [1.807, 2.05) is 60.0 Å². The molecule has 1 aliphatic rings. The van der Waals surface area contributed by atoms with Gasteiger partial charge in [-0.3, -0.25) is 4.79 Å². The van der Waals surface area contributed by atoms with Crippen LogP contribution in [0.5, 0.6) is 11.5 Å². The average molecular weight is 401 g/mol. The van der Waals surface area contributed by atoms with Crippen molar-refractivity contribution in [2.45, 2.75) is 30.7 Å². The van der Waals surface area contributed by atoms with Gasteiger partial charge >= 0.3 is 0 Å². The number of carbonyl (C=O) groups excluding carboxylic acids is 1. The first-order valence-electron chi connectivity index (χ1n) is 9.61. The number of nitrogens with zero attached hydrogens (tertiary/aromatic N) is 1. The quantitative estimate of drug-likeness (QED) is 0.767. The molecule has 1 N–H and O–H groups in total. The van der Waals surface area contributed by atoms with E-state index in [9.17, 15) is 4.79 Å². The molecule has 0 fully saturated rings. The minimum atomic E-state index is -0.240. The number of amides is 1. The molecule has 0 aromatic heterocycles. The number of fused-ring (bicyclic) bond motifs is 1. The normalized spacial score (nSPS) is 14.8. The van der Waals surface area contributed by atoms with Gasteiger partial charge in [-0.15, -0.1) is 11.8 Å². The number of thioether (sulfide) groups is 1. The Kier molecular flexibility index (Phi) is 7.23. The van der Waals surface area contributed by atoms with Crippen LogP contribution in [-0.4, -0.2) is 45.0 Å². The molecule has 3 rings (SSSR count). The first-order valence-corrected chi connectivity index (χ1v) is 10.6. The molecular weight excluding hydrogens is 372 g/mol. The Morgan fingerprint density at radius 1 is 1.18 bits per heavy atom. The molecule has 1 aliphatic heterocycles. The van der Waals surface area contributed by atoms with Crippen LogP contribution in [0.15, 0.2) is 47.4 Å². The van der Waals surface area contributed by atoms with Gasteiger partial charge in [-0.25, -0.2) is 0 Å². The van der Waals surface area contributed by atoms with Crippen molar-refractivity contribution in [2.24, 2.45) is 0 Å². The Bertz CT molecular complexity index is 812. The third-order valence-electron chi connectivity index (χ3n) is 4.89. The molecule has 5 nitrogen and oxygen atoms in total. The zero-order valence-electron chi connectivity index (χ0n) is 16.7. The van der Waals surface area contributed by atoms with Gasteiger partial charge in [-0.2, -0.15) is 0 Å². The van der Waals surface area contributed by atoms with Gasteiger partial charge in [0.25, 0.3) is 0 Å². The summed E-state index contributed by atoms with van der Waals surface area (Å²) in [5.41, 5.74) is 2.17. The summed E-state index contributed by atoms with van der Waals surface area (Å²) in [5.74, 6) is 2.62. The monoisotopic (exact) mass is 400 g/mol. The van der Waals surface area contributed by atoms with Gasteiger partial charge in [-0.05, 0) is 61.9 Å². The molecule has 1 atom stereocenters. The van der Waals surface area contributed by atoms with E-state index < -0.39 is 0 Å². The summed E-state index contributed by atoms with van der Waals surface area (Å²) in [4.78, 5) is 16.2. The number of rotatable bonds is 7. The predicted octanol–water partition coefficient (Wildman–Crippen LogP) is 3.75. The van der Waals surface area contributed by atoms with E-state index in [4.69, 9.17) is 9.47 Å². The highest BCUT2D eigenvalue weighted by molar-refractivity contribution is 7.99. The van der Waals surface area contributed by atoms with E-state index in [-0.39, 0.29) is 11.9 Å². The zero-order valence-corrected chi connectivity index (χ0v) is 17.6. The maximum absolute atomic E-state index is 13.1. The fraction of sp³-hybridized carbons (Fsp3) is 0.409. The van der Waals surface area contributed by atoms with Crippen LogP contribution >= 0.6 is 11.8 Å². The van der Waals surface area contributed by atoms with Crippen LogP contribution in [-0.2, 0) is 11.2 Å². The van der Waals surface area contributed by atoms with Crippen LogP contribution < -0.4 is 19.7 Å². The summed E-state index contributed by atoms with van der Waals surface area (Å²) >= 11 is 1.83. The SMILES string of the molecule is COc1ccc(CCNC(C)C(=O)N2CCCSc3ccccc32)cc1OC. The maximum Gasteiger partial charge on any atom is 0.243 e. The number of anilines is 1. The van der Waals surface area contributed by atoms with Crippen LogP contribution in [0.3, 0.4) is 0 Å². The summed E-state index contributed by atoms with van der Waals surface area (Å²) in [5, 5.41) is 3.38. The minimum absolute atomic E-state index is 0.127. The molecule has 2 aromatic rings. The third-order valence-corrected chi connectivity index (χ3v) is 6.04. The molecule has 1 unspecified atom stereocenters. The third kappa shape index (κ3) is 4.80. The second-order valence-corrected chi connectivity index (χ2v) is 7.91. The summed E-state index contributed by atoms with van der Waals surface area (Å²) in [6.45, 7) is 3.43. The zero-order chi connectivity index (χ0) is 19.9. The molecule has 0 aliphatic carbocycles. The van der Waals surface area contributed by atoms with Crippen LogP contribution in [0.25, 0.3) is 0 Å². The van der Waals surface area contributed by atoms with Crippen LogP contribution in [0.2, 0.25) is 0 Å². The maximum atomic E-state index is 13.1. The summed E-state index contributed by atoms with van der Waals surface area (Å²) < 4.78 is 10.6. The molecule has 1 heterocycles. The number of nitrogens with one attached hydrogen (secondary N) is 1. The molecule has 1 amide bonds. The lowest BCUT2D eigenvalue weighted by molar-refractivity contribution is -0.120. The van der Waals surface area contributed by atoms with E-state index >= 15 is 0 Å². The molecule has 0 saturated carbocycles. The first-order chi connectivity index (χ1) is 13.6. The van der Waals surface area contributed by atoms with Gasteiger partial charge in [0.05, 0.1) is 25.9 Å². The van der Waals surface area contributed by atoms with E-state index in [0.29, 0.717) is 6.54 Å². The Morgan fingerprint density at radius 3 is 2.75 bits per heavy atom. The molecule has 0 spiro atoms. The van der Waals surface area contributed by atoms with E-state index in [0.717, 1.165) is 47.9 Å².